The van der Waals surface area contributed by atoms with Gasteiger partial charge in [-0.25, -0.2) is 0 Å². The summed E-state index contributed by atoms with van der Waals surface area (Å²) < 4.78 is 4.40. The second kappa shape index (κ2) is 21.6. The van der Waals surface area contributed by atoms with Crippen molar-refractivity contribution in [1.82, 2.24) is 0 Å². The minimum absolute atomic E-state index is 0.167. The first-order chi connectivity index (χ1) is 8.92. The minimum Gasteiger partial charge on any atom is -0.466 e. The number of aliphatic hydroxyl groups excluding tert-OH is 1. The molecule has 1 N–H and O–H groups in total. The Balaban J connectivity index is -0.000000187. The van der Waals surface area contributed by atoms with Crippen LogP contribution in [0, 0.1) is 0 Å². The van der Waals surface area contributed by atoms with Crippen LogP contribution in [0.15, 0.2) is 36.4 Å². The van der Waals surface area contributed by atoms with Gasteiger partial charge in [0, 0.05) is 13.5 Å². The molecule has 0 aliphatic carbocycles. The number of carbonyl (C=O) groups excluding carboxylic acids is 2. The molecule has 0 saturated heterocycles. The molecule has 1 aromatic carbocycles. The predicted octanol–water partition coefficient (Wildman–Crippen LogP) is 2.85. The van der Waals surface area contributed by atoms with E-state index in [0.29, 0.717) is 6.61 Å². The largest absolute Gasteiger partial charge is 0.466 e. The highest BCUT2D eigenvalue weighted by Gasteiger charge is 1.81. The first-order valence-electron chi connectivity index (χ1n) is 6.13. The van der Waals surface area contributed by atoms with Gasteiger partial charge in [-0.3, -0.25) is 4.79 Å². The molecule has 110 valence electrons. The van der Waals surface area contributed by atoms with E-state index in [1.54, 1.807) is 13.8 Å². The quantitative estimate of drug-likeness (QED) is 0.797. The fourth-order valence-corrected chi connectivity index (χ4v) is 0.588. The van der Waals surface area contributed by atoms with E-state index in [9.17, 15) is 9.59 Å². The smallest absolute Gasteiger partial charge is 0.302 e. The summed E-state index contributed by atoms with van der Waals surface area (Å²) in [5.74, 6) is -0.0440. The second-order valence-electron chi connectivity index (χ2n) is 3.30. The third kappa shape index (κ3) is 62.5. The SMILES string of the molecule is CC(C)=O.CCO.CCOC(C)=O.c1ccccc1. The number of rotatable bonds is 1. The van der Waals surface area contributed by atoms with Crippen LogP contribution in [0.2, 0.25) is 0 Å². The highest BCUT2D eigenvalue weighted by molar-refractivity contribution is 5.72. The van der Waals surface area contributed by atoms with Crippen molar-refractivity contribution in [2.75, 3.05) is 13.2 Å². The molecule has 0 aromatic heterocycles. The standard InChI is InChI=1S/C6H6.C4H8O2.C3H6O.C2H6O/c1-2-4-6-5-3-1;1-3-6-4(2)5;1-3(2)4;1-2-3/h1-6H;3H2,1-2H3;1-2H3;3H,2H2,1H3. The molecule has 0 bridgehead atoms. The second-order valence-corrected chi connectivity index (χ2v) is 3.30. The Hall–Kier alpha value is -1.68. The van der Waals surface area contributed by atoms with E-state index in [1.165, 1.54) is 20.8 Å². The topological polar surface area (TPSA) is 63.6 Å². The van der Waals surface area contributed by atoms with Gasteiger partial charge in [0.15, 0.2) is 0 Å². The van der Waals surface area contributed by atoms with E-state index in [0.717, 1.165) is 0 Å². The van der Waals surface area contributed by atoms with E-state index in [1.807, 2.05) is 36.4 Å². The molecule has 0 aliphatic heterocycles. The molecule has 1 aromatic rings. The van der Waals surface area contributed by atoms with E-state index in [4.69, 9.17) is 5.11 Å². The van der Waals surface area contributed by atoms with Crippen LogP contribution in [0.3, 0.4) is 0 Å². The van der Waals surface area contributed by atoms with Crippen molar-refractivity contribution in [3.05, 3.63) is 36.4 Å². The molecule has 4 nitrogen and oxygen atoms in total. The molecule has 0 atom stereocenters. The van der Waals surface area contributed by atoms with Crippen LogP contribution in [0.1, 0.15) is 34.6 Å². The number of esters is 1. The van der Waals surface area contributed by atoms with Crippen LogP contribution < -0.4 is 0 Å². The Morgan fingerprint density at radius 2 is 1.11 bits per heavy atom. The van der Waals surface area contributed by atoms with Crippen LogP contribution >= 0.6 is 0 Å². The molecule has 0 amide bonds. The molecule has 1 rings (SSSR count). The molecule has 19 heavy (non-hydrogen) atoms. The molecule has 0 spiro atoms. The number of aliphatic hydroxyl groups is 1. The van der Waals surface area contributed by atoms with Crippen LogP contribution in [0.25, 0.3) is 0 Å². The maximum atomic E-state index is 9.82. The number of benzene rings is 1. The summed E-state index contributed by atoms with van der Waals surface area (Å²) in [5, 5.41) is 7.57. The summed E-state index contributed by atoms with van der Waals surface area (Å²) in [6, 6.07) is 12.0. The Morgan fingerprint density at radius 1 is 0.895 bits per heavy atom. The van der Waals surface area contributed by atoms with Crippen molar-refractivity contribution in [2.45, 2.75) is 34.6 Å². The van der Waals surface area contributed by atoms with Crippen molar-refractivity contribution in [2.24, 2.45) is 0 Å². The third-order valence-corrected chi connectivity index (χ3v) is 1.01. The average molecular weight is 270 g/mol. The summed E-state index contributed by atoms with van der Waals surface area (Å²) in [4.78, 5) is 19.3. The Labute approximate surface area is 116 Å². The monoisotopic (exact) mass is 270 g/mol. The molecule has 0 radical (unpaired) electrons. The number of ether oxygens (including phenoxy) is 1. The number of Topliss-reactive ketones (excluding diaryl/α,β-unsaturated/α-hetero) is 1. The maximum Gasteiger partial charge on any atom is 0.302 e. The molecule has 0 unspecified atom stereocenters. The van der Waals surface area contributed by atoms with E-state index in [2.05, 4.69) is 4.74 Å². The number of hydrogen-bond donors (Lipinski definition) is 1. The van der Waals surface area contributed by atoms with Crippen molar-refractivity contribution in [3.63, 3.8) is 0 Å². The van der Waals surface area contributed by atoms with Gasteiger partial charge in [-0.2, -0.15) is 0 Å². The van der Waals surface area contributed by atoms with Gasteiger partial charge in [-0.05, 0) is 27.7 Å². The fourth-order valence-electron chi connectivity index (χ4n) is 0.588. The van der Waals surface area contributed by atoms with Gasteiger partial charge in [-0.1, -0.05) is 36.4 Å². The maximum absolute atomic E-state index is 9.82. The summed E-state index contributed by atoms with van der Waals surface area (Å²) >= 11 is 0. The van der Waals surface area contributed by atoms with Crippen molar-refractivity contribution in [3.8, 4) is 0 Å². The average Bonchev–Trinajstić information content (AvgIpc) is 2.32. The molecular formula is C15H26O4. The summed E-state index contributed by atoms with van der Waals surface area (Å²) in [5.41, 5.74) is 0. The molecule has 0 heterocycles. The fraction of sp³-hybridized carbons (Fsp3) is 0.467. The number of ketones is 1. The van der Waals surface area contributed by atoms with E-state index < -0.39 is 0 Å². The van der Waals surface area contributed by atoms with Crippen molar-refractivity contribution < 1.29 is 19.4 Å². The summed E-state index contributed by atoms with van der Waals surface area (Å²) in [6.07, 6.45) is 0. The van der Waals surface area contributed by atoms with Gasteiger partial charge in [0.25, 0.3) is 0 Å². The zero-order valence-electron chi connectivity index (χ0n) is 12.6. The van der Waals surface area contributed by atoms with E-state index >= 15 is 0 Å². The van der Waals surface area contributed by atoms with Gasteiger partial charge in [0.05, 0.1) is 6.61 Å². The lowest BCUT2D eigenvalue weighted by Gasteiger charge is -1.89. The molecule has 0 fully saturated rings. The van der Waals surface area contributed by atoms with Crippen LogP contribution in [-0.2, 0) is 14.3 Å². The van der Waals surface area contributed by atoms with Crippen LogP contribution in [-0.4, -0.2) is 30.1 Å². The van der Waals surface area contributed by atoms with Crippen molar-refractivity contribution in [1.29, 1.82) is 0 Å². The van der Waals surface area contributed by atoms with Gasteiger partial charge in [0.1, 0.15) is 5.78 Å². The summed E-state index contributed by atoms with van der Waals surface area (Å²) in [7, 11) is 0. The molecular weight excluding hydrogens is 244 g/mol. The molecule has 0 saturated carbocycles. The molecule has 0 aliphatic rings. The Morgan fingerprint density at radius 3 is 1.16 bits per heavy atom. The van der Waals surface area contributed by atoms with Gasteiger partial charge in [-0.15, -0.1) is 0 Å². The lowest BCUT2D eigenvalue weighted by molar-refractivity contribution is -0.140. The number of carbonyl (C=O) groups is 2. The van der Waals surface area contributed by atoms with Gasteiger partial charge in [0.2, 0.25) is 0 Å². The van der Waals surface area contributed by atoms with Gasteiger partial charge < -0.3 is 14.6 Å². The zero-order chi connectivity index (χ0) is 15.5. The first kappa shape index (κ1) is 22.5. The van der Waals surface area contributed by atoms with E-state index in [-0.39, 0.29) is 18.4 Å². The normalized spacial score (nSPS) is 7.26. The van der Waals surface area contributed by atoms with Crippen LogP contribution in [0.4, 0.5) is 0 Å². The highest BCUT2D eigenvalue weighted by Crippen LogP contribution is 1.79. The summed E-state index contributed by atoms with van der Waals surface area (Å²) in [6.45, 7) is 8.64. The lowest BCUT2D eigenvalue weighted by Crippen LogP contribution is -1.95. The predicted molar refractivity (Wildman–Crippen MR) is 77.9 cm³/mol. The lowest BCUT2D eigenvalue weighted by atomic mass is 10.4. The minimum atomic E-state index is -0.211. The highest BCUT2D eigenvalue weighted by atomic mass is 16.5. The van der Waals surface area contributed by atoms with Crippen molar-refractivity contribution >= 4 is 11.8 Å². The van der Waals surface area contributed by atoms with Crippen LogP contribution in [0.5, 0.6) is 0 Å². The zero-order valence-corrected chi connectivity index (χ0v) is 12.6. The Kier molecular flexibility index (Phi) is 25.6. The first-order valence-corrected chi connectivity index (χ1v) is 6.13. The third-order valence-electron chi connectivity index (χ3n) is 1.01. The molecule has 4 heteroatoms. The Bertz CT molecular complexity index is 253. The number of hydrogen-bond acceptors (Lipinski definition) is 4. The van der Waals surface area contributed by atoms with Gasteiger partial charge >= 0.3 is 5.97 Å².